The predicted molar refractivity (Wildman–Crippen MR) is 150 cm³/mol. The molecule has 1 atom stereocenters. The van der Waals surface area contributed by atoms with E-state index >= 15 is 0 Å². The molecule has 1 aliphatic rings. The fourth-order valence-electron chi connectivity index (χ4n) is 4.51. The molecule has 2 heterocycles. The summed E-state index contributed by atoms with van der Waals surface area (Å²) in [5.74, 6) is -0.570. The van der Waals surface area contributed by atoms with Crippen molar-refractivity contribution < 1.29 is 14.4 Å². The van der Waals surface area contributed by atoms with Crippen molar-refractivity contribution in [2.24, 2.45) is 5.73 Å². The van der Waals surface area contributed by atoms with E-state index in [1.54, 1.807) is 29.2 Å². The molecular formula is C28H32N8O3. The summed E-state index contributed by atoms with van der Waals surface area (Å²) >= 11 is 0. The molecule has 11 nitrogen and oxygen atoms in total. The van der Waals surface area contributed by atoms with Gasteiger partial charge in [0.25, 0.3) is 11.8 Å². The van der Waals surface area contributed by atoms with Gasteiger partial charge in [0.15, 0.2) is 11.5 Å². The molecule has 0 bridgehead atoms. The molecule has 3 aromatic rings. The fraction of sp³-hybridized carbons (Fsp3) is 0.286. The number of aromatic nitrogens is 3. The average molecular weight is 529 g/mol. The average Bonchev–Trinajstić information content (AvgIpc) is 3.36. The third-order valence-corrected chi connectivity index (χ3v) is 6.47. The standard InChI is InChI=1S/C28H32N8O3/c1-5-23(37)36-12-11-21(15-36)32-28-33-26(24(25(29)38)34-35-28)30-19-8-6-7-18(14-19)27(39)31-20-9-10-22(16(2)3)17(4)13-20/h5-10,13-14,16,21H,1,11-12,15H2,2-4H3,(H2,29,38)(H,31,39)(H2,30,32,33,35). The SMILES string of the molecule is C=CC(=O)N1CCC(Nc2nnc(C(N)=O)c(Nc3cccc(C(=O)Nc4ccc(C(C)C)c(C)c4)c3)n2)C1. The molecule has 202 valence electrons. The highest BCUT2D eigenvalue weighted by molar-refractivity contribution is 6.05. The van der Waals surface area contributed by atoms with Gasteiger partial charge in [-0.1, -0.05) is 32.6 Å². The van der Waals surface area contributed by atoms with E-state index in [9.17, 15) is 14.4 Å². The number of primary amides is 1. The molecule has 0 aliphatic carbocycles. The summed E-state index contributed by atoms with van der Waals surface area (Å²) in [6.07, 6.45) is 1.97. The van der Waals surface area contributed by atoms with Gasteiger partial charge in [-0.05, 0) is 66.8 Å². The molecule has 2 aromatic carbocycles. The molecule has 1 aliphatic heterocycles. The normalized spacial score (nSPS) is 14.7. The molecule has 3 amide bonds. The smallest absolute Gasteiger partial charge is 0.273 e. The summed E-state index contributed by atoms with van der Waals surface area (Å²) < 4.78 is 0. The van der Waals surface area contributed by atoms with Gasteiger partial charge in [-0.3, -0.25) is 14.4 Å². The van der Waals surface area contributed by atoms with Gasteiger partial charge in [0, 0.05) is 36.1 Å². The predicted octanol–water partition coefficient (Wildman–Crippen LogP) is 3.60. The number of benzene rings is 2. The summed E-state index contributed by atoms with van der Waals surface area (Å²) in [5.41, 5.74) is 9.30. The van der Waals surface area contributed by atoms with Crippen LogP contribution in [0.5, 0.6) is 0 Å². The minimum Gasteiger partial charge on any atom is -0.364 e. The van der Waals surface area contributed by atoms with E-state index in [0.717, 1.165) is 5.56 Å². The van der Waals surface area contributed by atoms with Gasteiger partial charge in [-0.2, -0.15) is 4.98 Å². The number of anilines is 4. The number of nitrogens with one attached hydrogen (secondary N) is 3. The lowest BCUT2D eigenvalue weighted by Crippen LogP contribution is -2.30. The summed E-state index contributed by atoms with van der Waals surface area (Å²) in [5, 5.41) is 17.0. The van der Waals surface area contributed by atoms with Gasteiger partial charge >= 0.3 is 0 Å². The topological polar surface area (TPSA) is 155 Å². The Kier molecular flexibility index (Phi) is 8.18. The highest BCUT2D eigenvalue weighted by Gasteiger charge is 2.26. The van der Waals surface area contributed by atoms with Crippen LogP contribution in [-0.2, 0) is 4.79 Å². The van der Waals surface area contributed by atoms with Gasteiger partial charge < -0.3 is 26.6 Å². The highest BCUT2D eigenvalue weighted by Crippen LogP contribution is 2.24. The number of carbonyl (C=O) groups excluding carboxylic acids is 3. The first kappa shape index (κ1) is 27.2. The second-order valence-corrected chi connectivity index (χ2v) is 9.70. The largest absolute Gasteiger partial charge is 0.364 e. The molecule has 1 aromatic heterocycles. The molecule has 1 fully saturated rings. The van der Waals surface area contributed by atoms with E-state index in [1.165, 1.54) is 11.6 Å². The zero-order valence-corrected chi connectivity index (χ0v) is 22.2. The van der Waals surface area contributed by atoms with E-state index in [1.807, 2.05) is 25.1 Å². The van der Waals surface area contributed by atoms with Crippen molar-refractivity contribution in [2.45, 2.75) is 39.2 Å². The molecule has 39 heavy (non-hydrogen) atoms. The van der Waals surface area contributed by atoms with Gasteiger partial charge in [-0.15, -0.1) is 10.2 Å². The van der Waals surface area contributed by atoms with Crippen molar-refractivity contribution in [2.75, 3.05) is 29.0 Å². The zero-order valence-electron chi connectivity index (χ0n) is 22.2. The van der Waals surface area contributed by atoms with Gasteiger partial charge in [0.2, 0.25) is 11.9 Å². The van der Waals surface area contributed by atoms with Crippen LogP contribution in [0.4, 0.5) is 23.1 Å². The number of aryl methyl sites for hydroxylation is 1. The molecule has 0 saturated carbocycles. The summed E-state index contributed by atoms with van der Waals surface area (Å²) in [4.78, 5) is 42.9. The Morgan fingerprint density at radius 2 is 1.92 bits per heavy atom. The first-order chi connectivity index (χ1) is 18.6. The molecule has 1 unspecified atom stereocenters. The summed E-state index contributed by atoms with van der Waals surface area (Å²) in [7, 11) is 0. The van der Waals surface area contributed by atoms with Crippen molar-refractivity contribution in [3.05, 3.63) is 77.5 Å². The Hall–Kier alpha value is -4.80. The van der Waals surface area contributed by atoms with Crippen LogP contribution >= 0.6 is 0 Å². The number of likely N-dealkylation sites (tertiary alicyclic amines) is 1. The van der Waals surface area contributed by atoms with Crippen LogP contribution in [-0.4, -0.2) is 56.9 Å². The van der Waals surface area contributed by atoms with Crippen LogP contribution in [0.3, 0.4) is 0 Å². The first-order valence-corrected chi connectivity index (χ1v) is 12.7. The maximum Gasteiger partial charge on any atom is 0.273 e. The van der Waals surface area contributed by atoms with Crippen LogP contribution in [0.1, 0.15) is 58.2 Å². The molecular weight excluding hydrogens is 496 g/mol. The van der Waals surface area contributed by atoms with E-state index in [0.29, 0.717) is 42.4 Å². The lowest BCUT2D eigenvalue weighted by Gasteiger charge is -2.16. The summed E-state index contributed by atoms with van der Waals surface area (Å²) in [6.45, 7) is 10.8. The third-order valence-electron chi connectivity index (χ3n) is 6.47. The van der Waals surface area contributed by atoms with Crippen LogP contribution in [0.15, 0.2) is 55.1 Å². The number of hydrogen-bond donors (Lipinski definition) is 4. The van der Waals surface area contributed by atoms with Crippen molar-refractivity contribution in [1.29, 1.82) is 0 Å². The number of nitrogens with two attached hydrogens (primary N) is 1. The Balaban J connectivity index is 1.49. The summed E-state index contributed by atoms with van der Waals surface area (Å²) in [6, 6.07) is 12.5. The fourth-order valence-corrected chi connectivity index (χ4v) is 4.51. The van der Waals surface area contributed by atoms with Crippen LogP contribution in [0.2, 0.25) is 0 Å². The second-order valence-electron chi connectivity index (χ2n) is 9.70. The van der Waals surface area contributed by atoms with Crippen LogP contribution in [0, 0.1) is 6.92 Å². The van der Waals surface area contributed by atoms with Crippen molar-refractivity contribution in [3.8, 4) is 0 Å². The van der Waals surface area contributed by atoms with E-state index in [-0.39, 0.29) is 35.3 Å². The Labute approximate surface area is 226 Å². The van der Waals surface area contributed by atoms with E-state index in [4.69, 9.17) is 5.73 Å². The molecule has 5 N–H and O–H groups in total. The van der Waals surface area contributed by atoms with Crippen molar-refractivity contribution in [1.82, 2.24) is 20.1 Å². The number of nitrogens with zero attached hydrogens (tertiary/aromatic N) is 4. The minimum atomic E-state index is -0.804. The van der Waals surface area contributed by atoms with E-state index < -0.39 is 5.91 Å². The molecule has 11 heteroatoms. The quantitative estimate of drug-likeness (QED) is 0.307. The lowest BCUT2D eigenvalue weighted by molar-refractivity contribution is -0.125. The first-order valence-electron chi connectivity index (χ1n) is 12.7. The highest BCUT2D eigenvalue weighted by atomic mass is 16.2. The van der Waals surface area contributed by atoms with Gasteiger partial charge in [0.05, 0.1) is 0 Å². The second kappa shape index (κ2) is 11.7. The lowest BCUT2D eigenvalue weighted by atomic mass is 9.97. The zero-order chi connectivity index (χ0) is 28.1. The number of amides is 3. The Bertz CT molecular complexity index is 1420. The maximum atomic E-state index is 13.0. The third kappa shape index (κ3) is 6.56. The minimum absolute atomic E-state index is 0.0896. The molecule has 0 spiro atoms. The monoisotopic (exact) mass is 528 g/mol. The Morgan fingerprint density at radius 1 is 1.13 bits per heavy atom. The Morgan fingerprint density at radius 3 is 2.62 bits per heavy atom. The molecule has 1 saturated heterocycles. The van der Waals surface area contributed by atoms with Crippen LogP contribution in [0.25, 0.3) is 0 Å². The van der Waals surface area contributed by atoms with Gasteiger partial charge in [-0.25, -0.2) is 0 Å². The van der Waals surface area contributed by atoms with Crippen molar-refractivity contribution in [3.63, 3.8) is 0 Å². The maximum absolute atomic E-state index is 13.0. The van der Waals surface area contributed by atoms with Crippen molar-refractivity contribution >= 4 is 40.9 Å². The molecule has 4 rings (SSSR count). The number of carbonyl (C=O) groups is 3. The number of rotatable bonds is 9. The van der Waals surface area contributed by atoms with Crippen LogP contribution < -0.4 is 21.7 Å². The van der Waals surface area contributed by atoms with E-state index in [2.05, 4.69) is 51.6 Å². The molecule has 0 radical (unpaired) electrons. The van der Waals surface area contributed by atoms with Gasteiger partial charge in [0.1, 0.15) is 0 Å². The number of hydrogen-bond acceptors (Lipinski definition) is 8.